The third kappa shape index (κ3) is 3.76. The van der Waals surface area contributed by atoms with Crippen molar-refractivity contribution in [1.29, 1.82) is 0 Å². The first kappa shape index (κ1) is 17.3. The van der Waals surface area contributed by atoms with E-state index in [9.17, 15) is 13.2 Å². The summed E-state index contributed by atoms with van der Waals surface area (Å²) in [5, 5.41) is 2.81. The molecule has 0 spiro atoms. The smallest absolute Gasteiger partial charge is 0.255 e. The monoisotopic (exact) mass is 360 g/mol. The van der Waals surface area contributed by atoms with Crippen molar-refractivity contribution in [3.05, 3.63) is 53.6 Å². The van der Waals surface area contributed by atoms with E-state index >= 15 is 0 Å². The lowest BCUT2D eigenvalue weighted by molar-refractivity contribution is 0.102. The fourth-order valence-corrected chi connectivity index (χ4v) is 3.79. The van der Waals surface area contributed by atoms with Gasteiger partial charge in [-0.15, -0.1) is 0 Å². The summed E-state index contributed by atoms with van der Waals surface area (Å²) < 4.78 is 30.4. The predicted octanol–water partition coefficient (Wildman–Crippen LogP) is 2.66. The Morgan fingerprint density at radius 3 is 2.56 bits per heavy atom. The number of hydrogen-bond donors (Lipinski definition) is 1. The Hall–Kier alpha value is -2.54. The number of anilines is 2. The van der Waals surface area contributed by atoms with E-state index in [2.05, 4.69) is 5.32 Å². The van der Waals surface area contributed by atoms with Gasteiger partial charge in [0.1, 0.15) is 5.75 Å². The SMILES string of the molecule is CCOc1ccc(NC(=O)c2ccc3c(c2)N(S(C)(=O)=O)CC3)cc1. The van der Waals surface area contributed by atoms with Crippen molar-refractivity contribution in [1.82, 2.24) is 0 Å². The van der Waals surface area contributed by atoms with Crippen LogP contribution in [0.5, 0.6) is 5.75 Å². The van der Waals surface area contributed by atoms with Gasteiger partial charge >= 0.3 is 0 Å². The average molecular weight is 360 g/mol. The van der Waals surface area contributed by atoms with Crippen LogP contribution in [-0.4, -0.2) is 33.7 Å². The van der Waals surface area contributed by atoms with Crippen molar-refractivity contribution in [2.24, 2.45) is 0 Å². The van der Waals surface area contributed by atoms with Crippen molar-refractivity contribution < 1.29 is 17.9 Å². The summed E-state index contributed by atoms with van der Waals surface area (Å²) in [6.45, 7) is 2.90. The number of hydrogen-bond acceptors (Lipinski definition) is 4. The molecule has 1 N–H and O–H groups in total. The number of amides is 1. The molecule has 0 saturated carbocycles. The Morgan fingerprint density at radius 2 is 1.92 bits per heavy atom. The Kier molecular flexibility index (Phi) is 4.67. The molecule has 2 aromatic rings. The zero-order valence-corrected chi connectivity index (χ0v) is 15.0. The van der Waals surface area contributed by atoms with Crippen LogP contribution in [0.15, 0.2) is 42.5 Å². The van der Waals surface area contributed by atoms with Gasteiger partial charge in [-0.05, 0) is 55.3 Å². The molecule has 3 rings (SSSR count). The molecule has 0 fully saturated rings. The van der Waals surface area contributed by atoms with Crippen molar-refractivity contribution in [3.63, 3.8) is 0 Å². The van der Waals surface area contributed by atoms with Gasteiger partial charge in [-0.3, -0.25) is 9.10 Å². The normalized spacial score (nSPS) is 13.4. The number of carbonyl (C=O) groups is 1. The largest absolute Gasteiger partial charge is 0.494 e. The highest BCUT2D eigenvalue weighted by molar-refractivity contribution is 7.92. The summed E-state index contributed by atoms with van der Waals surface area (Å²) in [7, 11) is -3.34. The summed E-state index contributed by atoms with van der Waals surface area (Å²) in [6, 6.07) is 12.3. The van der Waals surface area contributed by atoms with E-state index in [4.69, 9.17) is 4.74 Å². The maximum atomic E-state index is 12.5. The number of nitrogens with zero attached hydrogens (tertiary/aromatic N) is 1. The highest BCUT2D eigenvalue weighted by Gasteiger charge is 2.27. The lowest BCUT2D eigenvalue weighted by Crippen LogP contribution is -2.27. The minimum atomic E-state index is -3.34. The second-order valence-electron chi connectivity index (χ2n) is 5.84. The van der Waals surface area contributed by atoms with E-state index in [0.29, 0.717) is 36.5 Å². The summed E-state index contributed by atoms with van der Waals surface area (Å²) in [4.78, 5) is 12.5. The van der Waals surface area contributed by atoms with E-state index in [0.717, 1.165) is 11.3 Å². The molecule has 0 saturated heterocycles. The van der Waals surface area contributed by atoms with Gasteiger partial charge in [0.2, 0.25) is 10.0 Å². The number of sulfonamides is 1. The van der Waals surface area contributed by atoms with Crippen LogP contribution in [-0.2, 0) is 16.4 Å². The third-order valence-electron chi connectivity index (χ3n) is 4.02. The van der Waals surface area contributed by atoms with Gasteiger partial charge in [-0.25, -0.2) is 8.42 Å². The first-order valence-corrected chi connectivity index (χ1v) is 9.88. The molecule has 1 amide bonds. The van der Waals surface area contributed by atoms with Crippen LogP contribution in [0.25, 0.3) is 0 Å². The zero-order chi connectivity index (χ0) is 18.0. The second-order valence-corrected chi connectivity index (χ2v) is 7.75. The molecule has 0 atom stereocenters. The molecule has 0 aliphatic carbocycles. The van der Waals surface area contributed by atoms with Gasteiger partial charge in [0.25, 0.3) is 5.91 Å². The van der Waals surface area contributed by atoms with Crippen LogP contribution < -0.4 is 14.4 Å². The van der Waals surface area contributed by atoms with Crippen LogP contribution in [0.3, 0.4) is 0 Å². The van der Waals surface area contributed by atoms with Crippen LogP contribution >= 0.6 is 0 Å². The van der Waals surface area contributed by atoms with Crippen LogP contribution in [0.2, 0.25) is 0 Å². The fourth-order valence-electron chi connectivity index (χ4n) is 2.84. The molecule has 0 aromatic heterocycles. The maximum absolute atomic E-state index is 12.5. The van der Waals surface area contributed by atoms with Gasteiger partial charge in [-0.2, -0.15) is 0 Å². The van der Waals surface area contributed by atoms with E-state index in [1.54, 1.807) is 36.4 Å². The van der Waals surface area contributed by atoms with Gasteiger partial charge < -0.3 is 10.1 Å². The molecule has 0 bridgehead atoms. The van der Waals surface area contributed by atoms with Gasteiger partial charge in [-0.1, -0.05) is 6.07 Å². The minimum absolute atomic E-state index is 0.285. The molecule has 132 valence electrons. The molecular formula is C18H20N2O4S. The molecular weight excluding hydrogens is 340 g/mol. The van der Waals surface area contributed by atoms with Crippen molar-refractivity contribution in [2.45, 2.75) is 13.3 Å². The zero-order valence-electron chi connectivity index (χ0n) is 14.2. The second kappa shape index (κ2) is 6.76. The van der Waals surface area contributed by atoms with Crippen LogP contribution in [0.4, 0.5) is 11.4 Å². The third-order valence-corrected chi connectivity index (χ3v) is 5.20. The van der Waals surface area contributed by atoms with Crippen molar-refractivity contribution >= 4 is 27.3 Å². The number of fused-ring (bicyclic) bond motifs is 1. The van der Waals surface area contributed by atoms with Crippen molar-refractivity contribution in [2.75, 3.05) is 29.0 Å². The topological polar surface area (TPSA) is 75.7 Å². The minimum Gasteiger partial charge on any atom is -0.494 e. The van der Waals surface area contributed by atoms with Gasteiger partial charge in [0.05, 0.1) is 18.6 Å². The molecule has 0 unspecified atom stereocenters. The van der Waals surface area contributed by atoms with Crippen LogP contribution in [0.1, 0.15) is 22.8 Å². The Balaban J connectivity index is 1.79. The number of nitrogens with one attached hydrogen (secondary N) is 1. The molecule has 25 heavy (non-hydrogen) atoms. The molecule has 0 radical (unpaired) electrons. The predicted molar refractivity (Wildman–Crippen MR) is 97.9 cm³/mol. The lowest BCUT2D eigenvalue weighted by atomic mass is 10.1. The summed E-state index contributed by atoms with van der Waals surface area (Å²) in [6.07, 6.45) is 1.83. The number of rotatable bonds is 5. The first-order valence-electron chi connectivity index (χ1n) is 8.03. The highest BCUT2D eigenvalue weighted by atomic mass is 32.2. The van der Waals surface area contributed by atoms with Crippen molar-refractivity contribution in [3.8, 4) is 5.75 Å². The lowest BCUT2D eigenvalue weighted by Gasteiger charge is -2.17. The first-order chi connectivity index (χ1) is 11.9. The van der Waals surface area contributed by atoms with Crippen LogP contribution in [0, 0.1) is 0 Å². The Labute approximate surface area is 147 Å². The van der Waals surface area contributed by atoms with Gasteiger partial charge in [0.15, 0.2) is 0 Å². The Morgan fingerprint density at radius 1 is 1.20 bits per heavy atom. The highest BCUT2D eigenvalue weighted by Crippen LogP contribution is 2.31. The fraction of sp³-hybridized carbons (Fsp3) is 0.278. The maximum Gasteiger partial charge on any atom is 0.255 e. The van der Waals surface area contributed by atoms with Gasteiger partial charge in [0, 0.05) is 17.8 Å². The molecule has 2 aromatic carbocycles. The summed E-state index contributed by atoms with van der Waals surface area (Å²) in [5.74, 6) is 0.453. The van der Waals surface area contributed by atoms with E-state index in [1.165, 1.54) is 10.6 Å². The average Bonchev–Trinajstić information content (AvgIpc) is 3.00. The number of ether oxygens (including phenoxy) is 1. The number of carbonyl (C=O) groups excluding carboxylic acids is 1. The van der Waals surface area contributed by atoms with E-state index in [-0.39, 0.29) is 5.91 Å². The molecule has 1 aliphatic heterocycles. The summed E-state index contributed by atoms with van der Waals surface area (Å²) >= 11 is 0. The Bertz CT molecular complexity index is 892. The quantitative estimate of drug-likeness (QED) is 0.889. The molecule has 1 aliphatic rings. The van der Waals surface area contributed by atoms with E-state index in [1.807, 2.05) is 13.0 Å². The van der Waals surface area contributed by atoms with E-state index < -0.39 is 10.0 Å². The standard InChI is InChI=1S/C18H20N2O4S/c1-3-24-16-8-6-15(7-9-16)19-18(21)14-5-4-13-10-11-20(17(13)12-14)25(2,22)23/h4-9,12H,3,10-11H2,1-2H3,(H,19,21). The molecule has 7 heteroatoms. The molecule has 1 heterocycles. The number of benzene rings is 2. The molecule has 6 nitrogen and oxygen atoms in total. The summed E-state index contributed by atoms with van der Waals surface area (Å²) in [5.41, 5.74) is 2.59.